The van der Waals surface area contributed by atoms with Gasteiger partial charge in [-0.1, -0.05) is 18.2 Å². The highest BCUT2D eigenvalue weighted by Gasteiger charge is 2.09. The van der Waals surface area contributed by atoms with E-state index in [1.54, 1.807) is 18.2 Å². The van der Waals surface area contributed by atoms with Gasteiger partial charge in [0.15, 0.2) is 5.58 Å². The van der Waals surface area contributed by atoms with E-state index in [1.807, 2.05) is 30.3 Å². The second-order valence-electron chi connectivity index (χ2n) is 4.25. The summed E-state index contributed by atoms with van der Waals surface area (Å²) < 4.78 is 5.71. The molecule has 5 heteroatoms. The molecule has 0 saturated carbocycles. The summed E-state index contributed by atoms with van der Waals surface area (Å²) >= 11 is 5.46. The van der Waals surface area contributed by atoms with Crippen LogP contribution in [0, 0.1) is 0 Å². The Morgan fingerprint density at radius 3 is 2.75 bits per heavy atom. The van der Waals surface area contributed by atoms with Gasteiger partial charge in [0.25, 0.3) is 0 Å². The van der Waals surface area contributed by atoms with Gasteiger partial charge in [-0.25, -0.2) is 4.98 Å². The smallest absolute Gasteiger partial charge is 0.239 e. The Hall–Kier alpha value is -2.33. The number of hydrogen-bond donors (Lipinski definition) is 1. The Morgan fingerprint density at radius 1 is 1.20 bits per heavy atom. The molecule has 0 aliphatic rings. The number of benzene rings is 2. The van der Waals surface area contributed by atoms with E-state index in [0.717, 1.165) is 11.1 Å². The van der Waals surface area contributed by atoms with Gasteiger partial charge in [0.1, 0.15) is 11.4 Å². The van der Waals surface area contributed by atoms with Crippen LogP contribution in [-0.2, 0) is 4.79 Å². The summed E-state index contributed by atoms with van der Waals surface area (Å²) in [5.41, 5.74) is 2.91. The van der Waals surface area contributed by atoms with Gasteiger partial charge in [-0.2, -0.15) is 0 Å². The van der Waals surface area contributed by atoms with Crippen LogP contribution in [0.2, 0.25) is 0 Å². The molecule has 0 aliphatic heterocycles. The van der Waals surface area contributed by atoms with Gasteiger partial charge in [0.2, 0.25) is 11.8 Å². The van der Waals surface area contributed by atoms with Crippen molar-refractivity contribution in [1.82, 2.24) is 4.98 Å². The number of nitrogens with zero attached hydrogens (tertiary/aromatic N) is 1. The van der Waals surface area contributed by atoms with Crippen LogP contribution in [0.4, 0.5) is 5.69 Å². The number of hydrogen-bond acceptors (Lipinski definition) is 3. The standard InChI is InChI=1S/C15H11ClN2O2/c16-9-14(19)17-11-6-7-12-13(8-11)20-15(18-12)10-4-2-1-3-5-10/h1-8H,9H2,(H,17,19). The van der Waals surface area contributed by atoms with Gasteiger partial charge in [-0.3, -0.25) is 4.79 Å². The Labute approximate surface area is 120 Å². The van der Waals surface area contributed by atoms with Crippen molar-refractivity contribution in [3.8, 4) is 11.5 Å². The van der Waals surface area contributed by atoms with Crippen LogP contribution in [-0.4, -0.2) is 16.8 Å². The zero-order chi connectivity index (χ0) is 13.9. The predicted octanol–water partition coefficient (Wildman–Crippen LogP) is 3.67. The molecule has 0 fully saturated rings. The van der Waals surface area contributed by atoms with E-state index in [-0.39, 0.29) is 11.8 Å². The number of anilines is 1. The van der Waals surface area contributed by atoms with Gasteiger partial charge in [-0.15, -0.1) is 11.6 Å². The quantitative estimate of drug-likeness (QED) is 0.747. The van der Waals surface area contributed by atoms with Crippen molar-refractivity contribution in [2.24, 2.45) is 0 Å². The fourth-order valence-electron chi connectivity index (χ4n) is 1.90. The van der Waals surface area contributed by atoms with Crippen molar-refractivity contribution in [2.45, 2.75) is 0 Å². The molecular formula is C15H11ClN2O2. The van der Waals surface area contributed by atoms with Crippen molar-refractivity contribution >= 4 is 34.3 Å². The summed E-state index contributed by atoms with van der Waals surface area (Å²) in [5.74, 6) is 0.221. The molecule has 3 aromatic rings. The van der Waals surface area contributed by atoms with Crippen LogP contribution in [0.3, 0.4) is 0 Å². The van der Waals surface area contributed by atoms with Gasteiger partial charge < -0.3 is 9.73 Å². The normalized spacial score (nSPS) is 10.7. The zero-order valence-electron chi connectivity index (χ0n) is 10.5. The minimum atomic E-state index is -0.256. The molecular weight excluding hydrogens is 276 g/mol. The van der Waals surface area contributed by atoms with E-state index in [2.05, 4.69) is 10.3 Å². The van der Waals surface area contributed by atoms with Crippen LogP contribution < -0.4 is 5.32 Å². The van der Waals surface area contributed by atoms with Crippen LogP contribution in [0.1, 0.15) is 0 Å². The molecule has 1 N–H and O–H groups in total. The molecule has 100 valence electrons. The third-order valence-corrected chi connectivity index (χ3v) is 3.06. The first-order chi connectivity index (χ1) is 9.76. The highest BCUT2D eigenvalue weighted by Crippen LogP contribution is 2.26. The fourth-order valence-corrected chi connectivity index (χ4v) is 1.97. The molecule has 0 spiro atoms. The zero-order valence-corrected chi connectivity index (χ0v) is 11.2. The number of carbonyl (C=O) groups is 1. The first-order valence-electron chi connectivity index (χ1n) is 6.08. The van der Waals surface area contributed by atoms with Gasteiger partial charge in [0, 0.05) is 17.3 Å². The van der Waals surface area contributed by atoms with Crippen molar-refractivity contribution in [3.05, 3.63) is 48.5 Å². The molecule has 1 aromatic heterocycles. The number of nitrogens with one attached hydrogen (secondary N) is 1. The number of alkyl halides is 1. The average Bonchev–Trinajstić information content (AvgIpc) is 2.91. The summed E-state index contributed by atoms with van der Waals surface area (Å²) in [6.45, 7) is 0. The molecule has 2 aromatic carbocycles. The van der Waals surface area contributed by atoms with Crippen LogP contribution >= 0.6 is 11.6 Å². The lowest BCUT2D eigenvalue weighted by Crippen LogP contribution is -2.12. The van der Waals surface area contributed by atoms with Crippen LogP contribution in [0.5, 0.6) is 0 Å². The minimum absolute atomic E-state index is 0.0797. The van der Waals surface area contributed by atoms with E-state index < -0.39 is 0 Å². The first kappa shape index (κ1) is 12.7. The highest BCUT2D eigenvalue weighted by molar-refractivity contribution is 6.29. The summed E-state index contributed by atoms with van der Waals surface area (Å²) in [5, 5.41) is 2.67. The number of oxazole rings is 1. The maximum Gasteiger partial charge on any atom is 0.239 e. The molecule has 3 rings (SSSR count). The Morgan fingerprint density at radius 2 is 2.00 bits per heavy atom. The second kappa shape index (κ2) is 5.35. The summed E-state index contributed by atoms with van der Waals surface area (Å²) in [7, 11) is 0. The Bertz CT molecular complexity index is 753. The highest BCUT2D eigenvalue weighted by atomic mass is 35.5. The van der Waals surface area contributed by atoms with E-state index in [9.17, 15) is 4.79 Å². The average molecular weight is 287 g/mol. The largest absolute Gasteiger partial charge is 0.436 e. The first-order valence-corrected chi connectivity index (χ1v) is 6.61. The monoisotopic (exact) mass is 286 g/mol. The molecule has 0 bridgehead atoms. The maximum absolute atomic E-state index is 11.3. The minimum Gasteiger partial charge on any atom is -0.436 e. The molecule has 0 unspecified atom stereocenters. The number of aromatic nitrogens is 1. The third kappa shape index (κ3) is 2.51. The molecule has 0 saturated heterocycles. The van der Waals surface area contributed by atoms with Crippen LogP contribution in [0.15, 0.2) is 52.9 Å². The molecule has 1 heterocycles. The van der Waals surface area contributed by atoms with Crippen molar-refractivity contribution in [2.75, 3.05) is 11.2 Å². The van der Waals surface area contributed by atoms with E-state index >= 15 is 0 Å². The lowest BCUT2D eigenvalue weighted by Gasteiger charge is -2.01. The molecule has 0 atom stereocenters. The summed E-state index contributed by atoms with van der Waals surface area (Å²) in [4.78, 5) is 15.7. The van der Waals surface area contributed by atoms with E-state index in [4.69, 9.17) is 16.0 Å². The molecule has 0 radical (unpaired) electrons. The predicted molar refractivity (Wildman–Crippen MR) is 78.8 cm³/mol. The maximum atomic E-state index is 11.3. The van der Waals surface area contributed by atoms with Crippen LogP contribution in [0.25, 0.3) is 22.6 Å². The number of halogens is 1. The van der Waals surface area contributed by atoms with Crippen molar-refractivity contribution in [3.63, 3.8) is 0 Å². The van der Waals surface area contributed by atoms with Gasteiger partial charge in [-0.05, 0) is 24.3 Å². The number of rotatable bonds is 3. The van der Waals surface area contributed by atoms with E-state index in [0.29, 0.717) is 17.2 Å². The number of fused-ring (bicyclic) bond motifs is 1. The summed E-state index contributed by atoms with van der Waals surface area (Å²) in [6, 6.07) is 15.0. The SMILES string of the molecule is O=C(CCl)Nc1ccc2nc(-c3ccccc3)oc2c1. The Balaban J connectivity index is 1.97. The van der Waals surface area contributed by atoms with E-state index in [1.165, 1.54) is 0 Å². The lowest BCUT2D eigenvalue weighted by molar-refractivity contribution is -0.113. The number of carbonyl (C=O) groups excluding carboxylic acids is 1. The summed E-state index contributed by atoms with van der Waals surface area (Å²) in [6.07, 6.45) is 0. The van der Waals surface area contributed by atoms with Crippen molar-refractivity contribution < 1.29 is 9.21 Å². The molecule has 20 heavy (non-hydrogen) atoms. The van der Waals surface area contributed by atoms with Gasteiger partial charge >= 0.3 is 0 Å². The topological polar surface area (TPSA) is 55.1 Å². The Kier molecular flexibility index (Phi) is 3.39. The fraction of sp³-hybridized carbons (Fsp3) is 0.0667. The number of amides is 1. The second-order valence-corrected chi connectivity index (χ2v) is 4.52. The third-order valence-electron chi connectivity index (χ3n) is 2.81. The lowest BCUT2D eigenvalue weighted by atomic mass is 10.2. The molecule has 1 amide bonds. The molecule has 0 aliphatic carbocycles. The van der Waals surface area contributed by atoms with Gasteiger partial charge in [0.05, 0.1) is 0 Å². The van der Waals surface area contributed by atoms with Crippen molar-refractivity contribution in [1.29, 1.82) is 0 Å². The molecule has 4 nitrogen and oxygen atoms in total.